The fourth-order valence-corrected chi connectivity index (χ4v) is 1.22. The van der Waals surface area contributed by atoms with Crippen molar-refractivity contribution >= 4 is 23.4 Å². The van der Waals surface area contributed by atoms with Crippen molar-refractivity contribution < 1.29 is 0 Å². The molecule has 0 saturated carbocycles. The van der Waals surface area contributed by atoms with E-state index in [1.807, 2.05) is 30.1 Å². The molecule has 0 aliphatic rings. The number of aryl methyl sites for hydroxylation is 1. The zero-order valence-electron chi connectivity index (χ0n) is 6.66. The molecule has 0 fully saturated rings. The second kappa shape index (κ2) is 3.03. The van der Waals surface area contributed by atoms with Crippen molar-refractivity contribution in [3.8, 4) is 0 Å². The molecule has 12 heavy (non-hydrogen) atoms. The molecule has 0 atom stereocenters. The summed E-state index contributed by atoms with van der Waals surface area (Å²) < 4.78 is 1.97. The van der Waals surface area contributed by atoms with Crippen molar-refractivity contribution in [3.63, 3.8) is 0 Å². The lowest BCUT2D eigenvalue weighted by molar-refractivity contribution is 0.930. The third-order valence-corrected chi connectivity index (χ3v) is 1.83. The van der Waals surface area contributed by atoms with Crippen LogP contribution in [-0.2, 0) is 7.05 Å². The third kappa shape index (κ3) is 1.12. The first-order valence-corrected chi connectivity index (χ1v) is 3.46. The van der Waals surface area contributed by atoms with Crippen molar-refractivity contribution in [1.29, 1.82) is 5.41 Å². The Kier molecular flexibility index (Phi) is 2.24. The maximum atomic E-state index is 7.54. The molecule has 64 valence electrons. The Labute approximate surface area is 76.0 Å². The summed E-state index contributed by atoms with van der Waals surface area (Å²) in [5.74, 6) is 0. The van der Waals surface area contributed by atoms with E-state index in [1.165, 1.54) is 0 Å². The number of nitrogens with one attached hydrogen (secondary N) is 2. The number of hydrogen-bond acceptors (Lipinski definition) is 1. The predicted molar refractivity (Wildman–Crippen MR) is 50.4 cm³/mol. The smallest absolute Gasteiger partial charge is 0.119 e. The fraction of sp³-hybridized carbons (Fsp3) is 0.125. The number of halogens is 1. The minimum Gasteiger partial charge on any atom is -0.347 e. The highest BCUT2D eigenvalue weighted by Gasteiger charge is 1.96. The molecule has 0 aromatic carbocycles. The molecule has 0 unspecified atom stereocenters. The highest BCUT2D eigenvalue weighted by atomic mass is 35.5. The van der Waals surface area contributed by atoms with Crippen molar-refractivity contribution in [2.75, 3.05) is 0 Å². The Balaban J connectivity index is 0.000000720. The molecule has 3 nitrogen and oxygen atoms in total. The molecule has 4 heteroatoms. The van der Waals surface area contributed by atoms with Gasteiger partial charge in [0.25, 0.3) is 0 Å². The summed E-state index contributed by atoms with van der Waals surface area (Å²) in [7, 11) is 1.96. The van der Waals surface area contributed by atoms with E-state index in [0.717, 1.165) is 11.0 Å². The van der Waals surface area contributed by atoms with E-state index >= 15 is 0 Å². The van der Waals surface area contributed by atoms with Crippen LogP contribution in [0.25, 0.3) is 11.0 Å². The molecule has 2 rings (SSSR count). The first-order valence-electron chi connectivity index (χ1n) is 3.46. The molecule has 0 amide bonds. The number of aromatic nitrogens is 2. The molecule has 0 aliphatic heterocycles. The summed E-state index contributed by atoms with van der Waals surface area (Å²) in [4.78, 5) is 3.07. The van der Waals surface area contributed by atoms with E-state index in [2.05, 4.69) is 4.98 Å². The van der Waals surface area contributed by atoms with Gasteiger partial charge in [0.15, 0.2) is 0 Å². The average Bonchev–Trinajstić information content (AvgIpc) is 2.45. The van der Waals surface area contributed by atoms with Crippen molar-refractivity contribution in [2.45, 2.75) is 0 Å². The molecule has 0 aliphatic carbocycles. The van der Waals surface area contributed by atoms with Crippen LogP contribution in [-0.4, -0.2) is 9.55 Å². The van der Waals surface area contributed by atoms with Gasteiger partial charge < -0.3 is 15.0 Å². The van der Waals surface area contributed by atoms with Crippen molar-refractivity contribution in [1.82, 2.24) is 9.55 Å². The Morgan fingerprint density at radius 3 is 2.83 bits per heavy atom. The highest BCUT2D eigenvalue weighted by Crippen LogP contribution is 2.03. The summed E-state index contributed by atoms with van der Waals surface area (Å²) >= 11 is 0. The number of pyridine rings is 1. The predicted octanol–water partition coefficient (Wildman–Crippen LogP) is 1.41. The molecular formula is C8H10ClN3. The third-order valence-electron chi connectivity index (χ3n) is 1.83. The lowest BCUT2D eigenvalue weighted by Gasteiger charge is -1.98. The van der Waals surface area contributed by atoms with Crippen molar-refractivity contribution in [2.24, 2.45) is 7.05 Å². The van der Waals surface area contributed by atoms with E-state index in [1.54, 1.807) is 6.07 Å². The quantitative estimate of drug-likeness (QED) is 0.621. The fourth-order valence-electron chi connectivity index (χ4n) is 1.22. The van der Waals surface area contributed by atoms with Gasteiger partial charge in [-0.1, -0.05) is 0 Å². The number of rotatable bonds is 0. The van der Waals surface area contributed by atoms with Gasteiger partial charge in [0.1, 0.15) is 5.65 Å². The lowest BCUT2D eigenvalue weighted by atomic mass is 10.3. The van der Waals surface area contributed by atoms with Gasteiger partial charge in [-0.15, -0.1) is 12.4 Å². The molecule has 0 bridgehead atoms. The van der Waals surface area contributed by atoms with Gasteiger partial charge in [-0.05, 0) is 12.1 Å². The summed E-state index contributed by atoms with van der Waals surface area (Å²) in [6, 6.07) is 3.70. The molecule has 0 radical (unpaired) electrons. The van der Waals surface area contributed by atoms with Crippen LogP contribution in [0.3, 0.4) is 0 Å². The summed E-state index contributed by atoms with van der Waals surface area (Å²) in [5, 5.41) is 9.08. The normalized spacial score (nSPS) is 9.75. The average molecular weight is 184 g/mol. The molecular weight excluding hydrogens is 174 g/mol. The Morgan fingerprint density at radius 1 is 1.42 bits per heavy atom. The zero-order valence-corrected chi connectivity index (χ0v) is 7.48. The standard InChI is InChI=1S/C8H9N3.ClH/c1-11-5-3-7(9)6-2-4-10-8(6)11;/h2-5,9-10H,1H3;1H. The second-order valence-corrected chi connectivity index (χ2v) is 2.58. The number of H-pyrrole nitrogens is 1. The number of hydrogen-bond donors (Lipinski definition) is 2. The topological polar surface area (TPSA) is 44.6 Å². The summed E-state index contributed by atoms with van der Waals surface area (Å²) in [5.41, 5.74) is 0.998. The van der Waals surface area contributed by atoms with Gasteiger partial charge in [0, 0.05) is 24.8 Å². The van der Waals surface area contributed by atoms with Gasteiger partial charge in [0.2, 0.25) is 0 Å². The Hall–Kier alpha value is -1.22. The van der Waals surface area contributed by atoms with E-state index in [4.69, 9.17) is 5.41 Å². The second-order valence-electron chi connectivity index (χ2n) is 2.58. The van der Waals surface area contributed by atoms with Crippen LogP contribution < -0.4 is 5.36 Å². The Bertz CT molecular complexity index is 441. The van der Waals surface area contributed by atoms with Gasteiger partial charge in [0.05, 0.1) is 5.36 Å². The van der Waals surface area contributed by atoms with E-state index in [-0.39, 0.29) is 12.4 Å². The lowest BCUT2D eigenvalue weighted by Crippen LogP contribution is -2.03. The maximum absolute atomic E-state index is 7.54. The SMILES string of the molecule is Cl.Cn1ccc(=N)c2cc[nH]c21. The van der Waals surface area contributed by atoms with E-state index < -0.39 is 0 Å². The number of fused-ring (bicyclic) bond motifs is 1. The molecule has 0 spiro atoms. The largest absolute Gasteiger partial charge is 0.347 e. The minimum absolute atomic E-state index is 0. The van der Waals surface area contributed by atoms with Gasteiger partial charge >= 0.3 is 0 Å². The zero-order chi connectivity index (χ0) is 7.84. The van der Waals surface area contributed by atoms with Crippen molar-refractivity contribution in [3.05, 3.63) is 29.9 Å². The maximum Gasteiger partial charge on any atom is 0.119 e. The molecule has 0 saturated heterocycles. The Morgan fingerprint density at radius 2 is 2.17 bits per heavy atom. The van der Waals surface area contributed by atoms with E-state index in [9.17, 15) is 0 Å². The summed E-state index contributed by atoms with van der Waals surface area (Å²) in [6.45, 7) is 0. The monoisotopic (exact) mass is 183 g/mol. The molecule has 2 aromatic rings. The first-order chi connectivity index (χ1) is 5.29. The first kappa shape index (κ1) is 8.87. The van der Waals surface area contributed by atoms with Gasteiger partial charge in [-0.3, -0.25) is 0 Å². The van der Waals surface area contributed by atoms with Crippen LogP contribution in [0.5, 0.6) is 0 Å². The summed E-state index contributed by atoms with van der Waals surface area (Å²) in [6.07, 6.45) is 3.73. The van der Waals surface area contributed by atoms with Crippen LogP contribution in [0.15, 0.2) is 24.5 Å². The van der Waals surface area contributed by atoms with Crippen LogP contribution in [0, 0.1) is 5.41 Å². The minimum atomic E-state index is 0. The molecule has 2 N–H and O–H groups in total. The number of aromatic amines is 1. The molecule has 2 aromatic heterocycles. The number of nitrogens with zero attached hydrogens (tertiary/aromatic N) is 1. The van der Waals surface area contributed by atoms with Gasteiger partial charge in [-0.25, -0.2) is 0 Å². The molecule has 2 heterocycles. The van der Waals surface area contributed by atoms with Crippen LogP contribution >= 0.6 is 12.4 Å². The highest BCUT2D eigenvalue weighted by molar-refractivity contribution is 5.85. The van der Waals surface area contributed by atoms with E-state index in [0.29, 0.717) is 5.36 Å². The van der Waals surface area contributed by atoms with Gasteiger partial charge in [-0.2, -0.15) is 0 Å². The van der Waals surface area contributed by atoms with Crippen LogP contribution in [0.2, 0.25) is 0 Å². The van der Waals surface area contributed by atoms with Crippen LogP contribution in [0.4, 0.5) is 0 Å². The van der Waals surface area contributed by atoms with Crippen LogP contribution in [0.1, 0.15) is 0 Å².